The van der Waals surface area contributed by atoms with Crippen LogP contribution in [-0.2, 0) is 32.7 Å². The fraction of sp³-hybridized carbons (Fsp3) is 0.917. The first kappa shape index (κ1) is 56.8. The second-order valence-corrected chi connectivity index (χ2v) is 19.2. The van der Waals surface area contributed by atoms with Crippen LogP contribution in [0.15, 0.2) is 12.2 Å². The minimum absolute atomic E-state index is 0.0278. The zero-order chi connectivity index (χ0) is 42.8. The summed E-state index contributed by atoms with van der Waals surface area (Å²) in [5.74, 6) is -0.823. The highest BCUT2D eigenvalue weighted by atomic mass is 31.2. The summed E-state index contributed by atoms with van der Waals surface area (Å²) in [4.78, 5) is 37.6. The van der Waals surface area contributed by atoms with Gasteiger partial charge in [-0.2, -0.15) is 0 Å². The van der Waals surface area contributed by atoms with E-state index in [-0.39, 0.29) is 32.0 Å². The Bertz CT molecular complexity index is 1000. The smallest absolute Gasteiger partial charge is 0.306 e. The van der Waals surface area contributed by atoms with E-state index < -0.39 is 26.5 Å². The largest absolute Gasteiger partial charge is 0.756 e. The number of likely N-dealkylation sites (N-methyl/N-ethyl adjacent to an activating group) is 1. The van der Waals surface area contributed by atoms with Crippen molar-refractivity contribution in [2.75, 3.05) is 47.5 Å². The van der Waals surface area contributed by atoms with Crippen molar-refractivity contribution in [3.05, 3.63) is 12.2 Å². The molecule has 0 aliphatic heterocycles. The molecule has 10 heteroatoms. The lowest BCUT2D eigenvalue weighted by molar-refractivity contribution is -0.870. The molecule has 0 fully saturated rings. The summed E-state index contributed by atoms with van der Waals surface area (Å²) in [5.41, 5.74) is 0. The summed E-state index contributed by atoms with van der Waals surface area (Å²) in [6, 6.07) is 0. The van der Waals surface area contributed by atoms with Crippen LogP contribution in [0.2, 0.25) is 0 Å². The maximum atomic E-state index is 12.7. The number of rotatable bonds is 45. The Balaban J connectivity index is 4.26. The van der Waals surface area contributed by atoms with Gasteiger partial charge in [0.1, 0.15) is 19.8 Å². The number of quaternary nitrogens is 1. The lowest BCUT2D eigenvalue weighted by Gasteiger charge is -2.28. The highest BCUT2D eigenvalue weighted by molar-refractivity contribution is 7.45. The van der Waals surface area contributed by atoms with Gasteiger partial charge in [-0.15, -0.1) is 0 Å². The fourth-order valence-corrected chi connectivity index (χ4v) is 7.67. The predicted octanol–water partition coefficient (Wildman–Crippen LogP) is 13.5. The van der Waals surface area contributed by atoms with Crippen molar-refractivity contribution in [3.63, 3.8) is 0 Å². The van der Waals surface area contributed by atoms with Crippen LogP contribution in [0.4, 0.5) is 0 Å². The van der Waals surface area contributed by atoms with Crippen molar-refractivity contribution in [2.45, 2.75) is 238 Å². The molecule has 0 aromatic carbocycles. The van der Waals surface area contributed by atoms with Gasteiger partial charge in [0.2, 0.25) is 0 Å². The van der Waals surface area contributed by atoms with Crippen LogP contribution in [0.3, 0.4) is 0 Å². The van der Waals surface area contributed by atoms with Crippen molar-refractivity contribution in [1.29, 1.82) is 0 Å². The van der Waals surface area contributed by atoms with E-state index in [2.05, 4.69) is 26.0 Å². The number of hydrogen-bond donors (Lipinski definition) is 0. The summed E-state index contributed by atoms with van der Waals surface area (Å²) < 4.78 is 34.0. The molecule has 0 radical (unpaired) electrons. The third-order valence-electron chi connectivity index (χ3n) is 10.8. The average Bonchev–Trinajstić information content (AvgIpc) is 3.17. The molecule has 0 saturated heterocycles. The molecule has 0 N–H and O–H groups in total. The maximum Gasteiger partial charge on any atom is 0.306 e. The SMILES string of the molecule is CCCCCCCC/C=C\CCCCCCCCCCCC(=O)OC(COC(=O)CCCCCCCCCCCCCCCCC)COP(=O)([O-])OCC[N+](C)(C)C. The normalized spacial score (nSPS) is 13.6. The molecule has 344 valence electrons. The van der Waals surface area contributed by atoms with E-state index in [9.17, 15) is 19.0 Å². The minimum atomic E-state index is -4.62. The molecule has 0 aromatic heterocycles. The molecule has 0 amide bonds. The Labute approximate surface area is 358 Å². The van der Waals surface area contributed by atoms with Gasteiger partial charge in [-0.05, 0) is 38.5 Å². The molecule has 0 aliphatic carbocycles. The third-order valence-corrected chi connectivity index (χ3v) is 11.7. The fourth-order valence-electron chi connectivity index (χ4n) is 6.95. The average molecular weight is 844 g/mol. The molecule has 0 rings (SSSR count). The maximum absolute atomic E-state index is 12.7. The number of hydrogen-bond acceptors (Lipinski definition) is 8. The van der Waals surface area contributed by atoms with Crippen LogP contribution >= 0.6 is 7.82 Å². The molecule has 2 atom stereocenters. The molecule has 58 heavy (non-hydrogen) atoms. The quantitative estimate of drug-likeness (QED) is 0.0196. The van der Waals surface area contributed by atoms with Gasteiger partial charge >= 0.3 is 11.9 Å². The third kappa shape index (κ3) is 44.3. The van der Waals surface area contributed by atoms with Crippen LogP contribution in [-0.4, -0.2) is 70.0 Å². The summed E-state index contributed by atoms with van der Waals surface area (Å²) in [5, 5.41) is 0. The van der Waals surface area contributed by atoms with E-state index in [1.807, 2.05) is 21.1 Å². The van der Waals surface area contributed by atoms with Gasteiger partial charge in [-0.3, -0.25) is 14.2 Å². The lowest BCUT2D eigenvalue weighted by atomic mass is 10.0. The summed E-state index contributed by atoms with van der Waals surface area (Å²) in [6.07, 6.45) is 43.7. The van der Waals surface area contributed by atoms with Gasteiger partial charge in [0.05, 0.1) is 27.7 Å². The number of unbranched alkanes of at least 4 members (excludes halogenated alkanes) is 29. The first-order chi connectivity index (χ1) is 28.0. The number of phosphoric acid groups is 1. The molecule has 0 aromatic rings. The van der Waals surface area contributed by atoms with E-state index in [1.165, 1.54) is 161 Å². The molecule has 0 aliphatic rings. The monoisotopic (exact) mass is 844 g/mol. The number of phosphoric ester groups is 1. The van der Waals surface area contributed by atoms with Crippen molar-refractivity contribution < 1.29 is 42.1 Å². The van der Waals surface area contributed by atoms with E-state index >= 15 is 0 Å². The number of ether oxygens (including phenoxy) is 2. The van der Waals surface area contributed by atoms with E-state index in [0.717, 1.165) is 38.5 Å². The molecule has 9 nitrogen and oxygen atoms in total. The van der Waals surface area contributed by atoms with Crippen molar-refractivity contribution in [2.24, 2.45) is 0 Å². The summed E-state index contributed by atoms with van der Waals surface area (Å²) >= 11 is 0. The highest BCUT2D eigenvalue weighted by Crippen LogP contribution is 2.38. The van der Waals surface area contributed by atoms with Crippen LogP contribution in [0.25, 0.3) is 0 Å². The first-order valence-corrected chi connectivity index (χ1v) is 25.9. The Morgan fingerprint density at radius 3 is 1.28 bits per heavy atom. The number of carbonyl (C=O) groups is 2. The molecular weight excluding hydrogens is 750 g/mol. The van der Waals surface area contributed by atoms with Crippen LogP contribution < -0.4 is 4.89 Å². The number of allylic oxidation sites excluding steroid dienone is 2. The number of nitrogens with zero attached hydrogens (tertiary/aromatic N) is 1. The van der Waals surface area contributed by atoms with Gasteiger partial charge in [-0.1, -0.05) is 193 Å². The van der Waals surface area contributed by atoms with E-state index in [1.54, 1.807) is 0 Å². The Hall–Kier alpha value is -1.25. The Morgan fingerprint density at radius 1 is 0.517 bits per heavy atom. The Kier molecular flexibility index (Phi) is 40.2. The second kappa shape index (κ2) is 41.1. The van der Waals surface area contributed by atoms with Gasteiger partial charge in [0, 0.05) is 12.8 Å². The number of carbonyl (C=O) groups excluding carboxylic acids is 2. The molecule has 0 heterocycles. The molecule has 0 saturated carbocycles. The van der Waals surface area contributed by atoms with Gasteiger partial charge in [0.15, 0.2) is 6.10 Å². The zero-order valence-electron chi connectivity index (χ0n) is 38.8. The molecular formula is C48H94NO8P. The van der Waals surface area contributed by atoms with Gasteiger partial charge < -0.3 is 27.9 Å². The lowest BCUT2D eigenvalue weighted by Crippen LogP contribution is -2.37. The standard InChI is InChI=1S/C48H94NO8P/c1-6-8-10-12-14-16-18-20-22-23-24-25-27-29-31-33-35-37-39-41-48(51)57-46(45-56-58(52,53)55-43-42-49(3,4)5)44-54-47(50)40-38-36-34-32-30-28-26-21-19-17-15-13-11-9-7-2/h20,22,46H,6-19,21,23-45H2,1-5H3/b22-20-. The van der Waals surface area contributed by atoms with Crippen LogP contribution in [0, 0.1) is 0 Å². The van der Waals surface area contributed by atoms with Crippen LogP contribution in [0.5, 0.6) is 0 Å². The summed E-state index contributed by atoms with van der Waals surface area (Å²) in [6.45, 7) is 4.26. The zero-order valence-corrected chi connectivity index (χ0v) is 39.7. The van der Waals surface area contributed by atoms with E-state index in [0.29, 0.717) is 17.4 Å². The summed E-state index contributed by atoms with van der Waals surface area (Å²) in [7, 11) is 1.18. The van der Waals surface area contributed by atoms with Crippen molar-refractivity contribution >= 4 is 19.8 Å². The second-order valence-electron chi connectivity index (χ2n) is 17.8. The van der Waals surface area contributed by atoms with Crippen molar-refractivity contribution in [1.82, 2.24) is 0 Å². The first-order valence-electron chi connectivity index (χ1n) is 24.4. The predicted molar refractivity (Wildman–Crippen MR) is 241 cm³/mol. The van der Waals surface area contributed by atoms with Gasteiger partial charge in [0.25, 0.3) is 7.82 Å². The molecule has 0 spiro atoms. The number of esters is 2. The Morgan fingerprint density at radius 2 is 0.879 bits per heavy atom. The van der Waals surface area contributed by atoms with Crippen molar-refractivity contribution in [3.8, 4) is 0 Å². The molecule has 2 unspecified atom stereocenters. The highest BCUT2D eigenvalue weighted by Gasteiger charge is 2.21. The van der Waals surface area contributed by atoms with E-state index in [4.69, 9.17) is 18.5 Å². The topological polar surface area (TPSA) is 111 Å². The minimum Gasteiger partial charge on any atom is -0.756 e. The van der Waals surface area contributed by atoms with Crippen LogP contribution in [0.1, 0.15) is 232 Å². The van der Waals surface area contributed by atoms with Gasteiger partial charge in [-0.25, -0.2) is 0 Å². The molecule has 0 bridgehead atoms.